The Bertz CT molecular complexity index is 609. The van der Waals surface area contributed by atoms with Crippen LogP contribution in [0.5, 0.6) is 0 Å². The van der Waals surface area contributed by atoms with Crippen molar-refractivity contribution in [3.8, 4) is 12.1 Å². The molecular weight excluding hydrogens is 204 g/mol. The lowest BCUT2D eigenvalue weighted by atomic mass is 10.2. The lowest BCUT2D eigenvalue weighted by molar-refractivity contribution is 0.959. The minimum absolute atomic E-state index is 0.0141. The molecule has 0 aliphatic heterocycles. The van der Waals surface area contributed by atoms with Gasteiger partial charge in [0.15, 0.2) is 0 Å². The first kappa shape index (κ1) is 9.69. The first-order chi connectivity index (χ1) is 7.83. The van der Waals surface area contributed by atoms with Crippen molar-refractivity contribution in [1.29, 1.82) is 10.5 Å². The van der Waals surface area contributed by atoms with Gasteiger partial charge in [-0.3, -0.25) is 0 Å². The van der Waals surface area contributed by atoms with E-state index in [2.05, 4.69) is 20.7 Å². The van der Waals surface area contributed by atoms with E-state index in [1.165, 1.54) is 6.20 Å². The van der Waals surface area contributed by atoms with Gasteiger partial charge in [0, 0.05) is 11.9 Å². The van der Waals surface area contributed by atoms with E-state index in [9.17, 15) is 0 Å². The van der Waals surface area contributed by atoms with Crippen LogP contribution in [0.15, 0.2) is 30.0 Å². The quantitative estimate of drug-likeness (QED) is 0.727. The highest BCUT2D eigenvalue weighted by Gasteiger charge is 1.98. The number of nitriles is 2. The molecule has 0 saturated heterocycles. The number of nitrogens with one attached hydrogen (secondary N) is 2. The summed E-state index contributed by atoms with van der Waals surface area (Å²) in [6, 6.07) is 8.85. The Labute approximate surface area is 90.8 Å². The molecule has 76 valence electrons. The van der Waals surface area contributed by atoms with Gasteiger partial charge in [-0.25, -0.2) is 0 Å². The molecule has 1 aromatic heterocycles. The maximum atomic E-state index is 8.53. The minimum atomic E-state index is 0.0141. The highest BCUT2D eigenvalue weighted by molar-refractivity contribution is 5.78. The molecule has 6 heteroatoms. The van der Waals surface area contributed by atoms with Gasteiger partial charge in [-0.15, -0.1) is 0 Å². The first-order valence-electron chi connectivity index (χ1n) is 4.41. The zero-order chi connectivity index (χ0) is 11.4. The largest absolute Gasteiger partial charge is 0.360 e. The summed E-state index contributed by atoms with van der Waals surface area (Å²) in [4.78, 5) is 0. The first-order valence-corrected chi connectivity index (χ1v) is 4.41. The van der Waals surface area contributed by atoms with Crippen molar-refractivity contribution in [2.24, 2.45) is 0 Å². The number of anilines is 1. The highest BCUT2D eigenvalue weighted by Crippen LogP contribution is 2.14. The zero-order valence-electron chi connectivity index (χ0n) is 8.10. The second-order valence-corrected chi connectivity index (χ2v) is 2.95. The van der Waals surface area contributed by atoms with Crippen LogP contribution in [0.1, 0.15) is 0 Å². The number of nitrogens with zero attached hydrogens (tertiary/aromatic N) is 4. The molecule has 2 aromatic rings. The summed E-state index contributed by atoms with van der Waals surface area (Å²) in [5, 5.41) is 30.2. The summed E-state index contributed by atoms with van der Waals surface area (Å²) in [7, 11) is 0. The molecule has 0 saturated carbocycles. The summed E-state index contributed by atoms with van der Waals surface area (Å²) in [6.07, 6.45) is 1.35. The topological polar surface area (TPSA) is 101 Å². The van der Waals surface area contributed by atoms with Gasteiger partial charge in [-0.05, 0) is 18.2 Å². The number of aromatic amines is 1. The number of H-pyrrole nitrogens is 1. The molecule has 6 nitrogen and oxygen atoms in total. The second kappa shape index (κ2) is 4.11. The summed E-state index contributed by atoms with van der Waals surface area (Å²) in [6.45, 7) is 0. The predicted octanol–water partition coefficient (Wildman–Crippen LogP) is 1.30. The van der Waals surface area contributed by atoms with E-state index >= 15 is 0 Å². The van der Waals surface area contributed by atoms with Crippen molar-refractivity contribution in [2.75, 3.05) is 5.32 Å². The number of allylic oxidation sites excluding steroid dienone is 1. The Morgan fingerprint density at radius 2 is 2.00 bits per heavy atom. The molecular formula is C10H6N6. The van der Waals surface area contributed by atoms with Crippen molar-refractivity contribution < 1.29 is 0 Å². The van der Waals surface area contributed by atoms with E-state index in [0.717, 1.165) is 11.2 Å². The number of hydrogen-bond acceptors (Lipinski definition) is 5. The number of hydrogen-bond donors (Lipinski definition) is 2. The summed E-state index contributed by atoms with van der Waals surface area (Å²) in [5.74, 6) is 0. The van der Waals surface area contributed by atoms with Crippen LogP contribution in [0.25, 0.3) is 11.0 Å². The van der Waals surface area contributed by atoms with Crippen LogP contribution in [-0.2, 0) is 0 Å². The Hall–Kier alpha value is -2.86. The summed E-state index contributed by atoms with van der Waals surface area (Å²) >= 11 is 0. The second-order valence-electron chi connectivity index (χ2n) is 2.95. The molecule has 1 heterocycles. The van der Waals surface area contributed by atoms with Crippen LogP contribution in [0.3, 0.4) is 0 Å². The van der Waals surface area contributed by atoms with Gasteiger partial charge in [0.1, 0.15) is 28.7 Å². The zero-order valence-corrected chi connectivity index (χ0v) is 8.10. The SMILES string of the molecule is N#CC(C#N)=CNc1ccc2n[nH]nc2c1. The molecule has 2 N–H and O–H groups in total. The molecule has 0 aliphatic rings. The molecule has 2 rings (SSSR count). The molecule has 0 spiro atoms. The smallest absolute Gasteiger partial charge is 0.145 e. The molecule has 0 fully saturated rings. The Morgan fingerprint density at radius 1 is 1.25 bits per heavy atom. The average Bonchev–Trinajstić information content (AvgIpc) is 2.77. The number of rotatable bonds is 2. The fourth-order valence-electron chi connectivity index (χ4n) is 1.18. The van der Waals surface area contributed by atoms with E-state index in [0.29, 0.717) is 5.52 Å². The highest BCUT2D eigenvalue weighted by atomic mass is 15.3. The standard InChI is InChI=1S/C10H6N6/c11-4-7(5-12)6-13-8-1-2-9-10(3-8)15-16-14-9/h1-3,6,13H,(H,14,15,16). The van der Waals surface area contributed by atoms with E-state index < -0.39 is 0 Å². The molecule has 0 aliphatic carbocycles. The van der Waals surface area contributed by atoms with Crippen molar-refractivity contribution in [3.63, 3.8) is 0 Å². The Kier molecular flexibility index (Phi) is 2.49. The fourth-order valence-corrected chi connectivity index (χ4v) is 1.18. The van der Waals surface area contributed by atoms with Crippen LogP contribution >= 0.6 is 0 Å². The van der Waals surface area contributed by atoms with Gasteiger partial charge in [0.05, 0.1) is 0 Å². The maximum absolute atomic E-state index is 8.53. The van der Waals surface area contributed by atoms with E-state index in [1.807, 2.05) is 0 Å². The maximum Gasteiger partial charge on any atom is 0.145 e. The monoisotopic (exact) mass is 210 g/mol. The summed E-state index contributed by atoms with van der Waals surface area (Å²) in [5.41, 5.74) is 2.23. The number of fused-ring (bicyclic) bond motifs is 1. The molecule has 16 heavy (non-hydrogen) atoms. The predicted molar refractivity (Wildman–Crippen MR) is 56.8 cm³/mol. The van der Waals surface area contributed by atoms with Crippen LogP contribution in [0, 0.1) is 22.7 Å². The van der Waals surface area contributed by atoms with Gasteiger partial charge in [-0.2, -0.15) is 25.9 Å². The molecule has 0 amide bonds. The van der Waals surface area contributed by atoms with E-state index in [-0.39, 0.29) is 5.57 Å². The number of benzene rings is 1. The fraction of sp³-hybridized carbons (Fsp3) is 0. The molecule has 0 atom stereocenters. The minimum Gasteiger partial charge on any atom is -0.360 e. The van der Waals surface area contributed by atoms with Crippen molar-refractivity contribution in [3.05, 3.63) is 30.0 Å². The van der Waals surface area contributed by atoms with Crippen LogP contribution < -0.4 is 5.32 Å². The molecule has 1 aromatic carbocycles. The third-order valence-corrected chi connectivity index (χ3v) is 1.94. The number of aromatic nitrogens is 3. The van der Waals surface area contributed by atoms with Gasteiger partial charge >= 0.3 is 0 Å². The van der Waals surface area contributed by atoms with Crippen molar-refractivity contribution >= 4 is 16.7 Å². The third kappa shape index (κ3) is 1.81. The van der Waals surface area contributed by atoms with Gasteiger partial charge in [0.2, 0.25) is 0 Å². The lowest BCUT2D eigenvalue weighted by Gasteiger charge is -1.98. The van der Waals surface area contributed by atoms with Crippen LogP contribution in [-0.4, -0.2) is 15.4 Å². The summed E-state index contributed by atoms with van der Waals surface area (Å²) < 4.78 is 0. The lowest BCUT2D eigenvalue weighted by Crippen LogP contribution is -1.89. The van der Waals surface area contributed by atoms with E-state index in [1.54, 1.807) is 30.3 Å². The van der Waals surface area contributed by atoms with Gasteiger partial charge < -0.3 is 5.32 Å². The van der Waals surface area contributed by atoms with Crippen LogP contribution in [0.4, 0.5) is 5.69 Å². The molecule has 0 bridgehead atoms. The van der Waals surface area contributed by atoms with Crippen molar-refractivity contribution in [1.82, 2.24) is 15.4 Å². The molecule has 0 radical (unpaired) electrons. The van der Waals surface area contributed by atoms with Gasteiger partial charge in [0.25, 0.3) is 0 Å². The van der Waals surface area contributed by atoms with Crippen molar-refractivity contribution in [2.45, 2.75) is 0 Å². The normalized spacial score (nSPS) is 9.12. The Morgan fingerprint density at radius 3 is 2.75 bits per heavy atom. The molecule has 0 unspecified atom stereocenters. The van der Waals surface area contributed by atoms with E-state index in [4.69, 9.17) is 10.5 Å². The van der Waals surface area contributed by atoms with Gasteiger partial charge in [-0.1, -0.05) is 0 Å². The van der Waals surface area contributed by atoms with Crippen LogP contribution in [0.2, 0.25) is 0 Å². The average molecular weight is 210 g/mol. The third-order valence-electron chi connectivity index (χ3n) is 1.94. The Balaban J connectivity index is 2.26.